The molecule has 1 fully saturated rings. The van der Waals surface area contributed by atoms with Crippen molar-refractivity contribution < 1.29 is 4.84 Å². The minimum atomic E-state index is 0.631. The van der Waals surface area contributed by atoms with E-state index < -0.39 is 0 Å². The minimum Gasteiger partial charge on any atom is -0.317 e. The lowest BCUT2D eigenvalue weighted by atomic mass is 9.95. The highest BCUT2D eigenvalue weighted by molar-refractivity contribution is 5.13. The molecule has 1 N–H and O–H groups in total. The van der Waals surface area contributed by atoms with Gasteiger partial charge in [0.1, 0.15) is 0 Å². The first-order valence-electron chi connectivity index (χ1n) is 6.38. The van der Waals surface area contributed by atoms with Gasteiger partial charge >= 0.3 is 0 Å². The van der Waals surface area contributed by atoms with Gasteiger partial charge in [0.2, 0.25) is 0 Å². The van der Waals surface area contributed by atoms with Gasteiger partial charge in [0, 0.05) is 19.1 Å². The van der Waals surface area contributed by atoms with E-state index in [1.54, 1.807) is 0 Å². The molecule has 17 heavy (non-hydrogen) atoms. The van der Waals surface area contributed by atoms with Gasteiger partial charge in [-0.25, -0.2) is 0 Å². The molecule has 1 heterocycles. The van der Waals surface area contributed by atoms with Crippen molar-refractivity contribution in [1.29, 1.82) is 0 Å². The molecular formula is C14H22N2O. The van der Waals surface area contributed by atoms with Crippen LogP contribution in [0.2, 0.25) is 0 Å². The molecule has 1 aromatic carbocycles. The maximum absolute atomic E-state index is 5.84. The molecule has 2 rings (SSSR count). The van der Waals surface area contributed by atoms with E-state index in [-0.39, 0.29) is 0 Å². The first-order valence-corrected chi connectivity index (χ1v) is 6.38. The molecule has 1 aliphatic rings. The van der Waals surface area contributed by atoms with E-state index in [1.165, 1.54) is 5.56 Å². The topological polar surface area (TPSA) is 24.5 Å². The predicted octanol–water partition coefficient (Wildman–Crippen LogP) is 2.05. The van der Waals surface area contributed by atoms with Crippen LogP contribution in [-0.2, 0) is 11.4 Å². The third-order valence-corrected chi connectivity index (χ3v) is 3.50. The number of nitrogens with one attached hydrogen (secondary N) is 1. The monoisotopic (exact) mass is 234 g/mol. The standard InChI is InChI=1S/C14H22N2O/c1-12-10-16(9-8-14(12)15-2)17-11-13-6-4-3-5-7-13/h3-7,12,14-15H,8-11H2,1-2H3. The number of hydroxylamine groups is 2. The fraction of sp³-hybridized carbons (Fsp3) is 0.571. The molecule has 0 amide bonds. The number of piperidine rings is 1. The van der Waals surface area contributed by atoms with Crippen molar-refractivity contribution in [2.45, 2.75) is 26.0 Å². The number of hydrogen-bond donors (Lipinski definition) is 1. The molecule has 0 aromatic heterocycles. The molecule has 1 aliphatic heterocycles. The Morgan fingerprint density at radius 3 is 2.76 bits per heavy atom. The van der Waals surface area contributed by atoms with Crippen LogP contribution in [0, 0.1) is 5.92 Å². The summed E-state index contributed by atoms with van der Waals surface area (Å²) in [5.41, 5.74) is 1.23. The molecule has 0 saturated carbocycles. The van der Waals surface area contributed by atoms with Gasteiger partial charge in [-0.15, -0.1) is 0 Å². The van der Waals surface area contributed by atoms with Crippen molar-refractivity contribution in [2.24, 2.45) is 5.92 Å². The van der Waals surface area contributed by atoms with Gasteiger partial charge in [0.05, 0.1) is 6.61 Å². The molecule has 1 aromatic rings. The van der Waals surface area contributed by atoms with Crippen LogP contribution in [0.5, 0.6) is 0 Å². The zero-order chi connectivity index (χ0) is 12.1. The smallest absolute Gasteiger partial charge is 0.0935 e. The first kappa shape index (κ1) is 12.6. The van der Waals surface area contributed by atoms with Crippen molar-refractivity contribution in [3.05, 3.63) is 35.9 Å². The molecule has 0 spiro atoms. The second-order valence-corrected chi connectivity index (χ2v) is 4.81. The van der Waals surface area contributed by atoms with Crippen LogP contribution in [0.1, 0.15) is 18.9 Å². The first-order chi connectivity index (χ1) is 8.29. The van der Waals surface area contributed by atoms with Gasteiger partial charge in [-0.05, 0) is 24.9 Å². The second kappa shape index (κ2) is 6.15. The van der Waals surface area contributed by atoms with Gasteiger partial charge in [-0.2, -0.15) is 5.06 Å². The van der Waals surface area contributed by atoms with Crippen LogP contribution in [0.3, 0.4) is 0 Å². The van der Waals surface area contributed by atoms with E-state index in [9.17, 15) is 0 Å². The van der Waals surface area contributed by atoms with Gasteiger partial charge in [0.15, 0.2) is 0 Å². The number of rotatable bonds is 4. The Hall–Kier alpha value is -0.900. The zero-order valence-electron chi connectivity index (χ0n) is 10.7. The van der Waals surface area contributed by atoms with Gasteiger partial charge in [-0.1, -0.05) is 37.3 Å². The summed E-state index contributed by atoms with van der Waals surface area (Å²) < 4.78 is 0. The van der Waals surface area contributed by atoms with E-state index >= 15 is 0 Å². The summed E-state index contributed by atoms with van der Waals surface area (Å²) >= 11 is 0. The zero-order valence-corrected chi connectivity index (χ0v) is 10.7. The third-order valence-electron chi connectivity index (χ3n) is 3.50. The fourth-order valence-corrected chi connectivity index (χ4v) is 2.39. The largest absolute Gasteiger partial charge is 0.317 e. The Morgan fingerprint density at radius 2 is 2.12 bits per heavy atom. The molecule has 1 saturated heterocycles. The number of nitrogens with zero attached hydrogens (tertiary/aromatic N) is 1. The van der Waals surface area contributed by atoms with Crippen LogP contribution < -0.4 is 5.32 Å². The Morgan fingerprint density at radius 1 is 1.35 bits per heavy atom. The maximum atomic E-state index is 5.84. The molecule has 94 valence electrons. The van der Waals surface area contributed by atoms with E-state index in [1.807, 2.05) is 13.1 Å². The minimum absolute atomic E-state index is 0.631. The van der Waals surface area contributed by atoms with Crippen LogP contribution in [0.4, 0.5) is 0 Å². The van der Waals surface area contributed by atoms with Gasteiger partial charge < -0.3 is 5.32 Å². The van der Waals surface area contributed by atoms with Crippen LogP contribution in [0.15, 0.2) is 30.3 Å². The van der Waals surface area contributed by atoms with Gasteiger partial charge in [-0.3, -0.25) is 4.84 Å². The van der Waals surface area contributed by atoms with Crippen molar-refractivity contribution >= 4 is 0 Å². The highest BCUT2D eigenvalue weighted by atomic mass is 16.7. The average molecular weight is 234 g/mol. The lowest BCUT2D eigenvalue weighted by Crippen LogP contribution is -2.46. The van der Waals surface area contributed by atoms with Crippen molar-refractivity contribution in [3.63, 3.8) is 0 Å². The summed E-state index contributed by atoms with van der Waals surface area (Å²) in [6.45, 7) is 4.98. The lowest BCUT2D eigenvalue weighted by Gasteiger charge is -2.35. The van der Waals surface area contributed by atoms with E-state index in [0.29, 0.717) is 18.6 Å². The van der Waals surface area contributed by atoms with Crippen molar-refractivity contribution in [2.75, 3.05) is 20.1 Å². The predicted molar refractivity (Wildman–Crippen MR) is 69.4 cm³/mol. The Kier molecular flexibility index (Phi) is 4.54. The molecule has 3 nitrogen and oxygen atoms in total. The maximum Gasteiger partial charge on any atom is 0.0935 e. The van der Waals surface area contributed by atoms with Crippen molar-refractivity contribution in [1.82, 2.24) is 10.4 Å². The van der Waals surface area contributed by atoms with E-state index in [0.717, 1.165) is 19.5 Å². The van der Waals surface area contributed by atoms with Crippen LogP contribution in [-0.4, -0.2) is 31.2 Å². The quantitative estimate of drug-likeness (QED) is 0.863. The number of benzene rings is 1. The number of hydrogen-bond acceptors (Lipinski definition) is 3. The Bertz CT molecular complexity index is 328. The summed E-state index contributed by atoms with van der Waals surface area (Å²) in [6.07, 6.45) is 1.16. The van der Waals surface area contributed by atoms with Gasteiger partial charge in [0.25, 0.3) is 0 Å². The second-order valence-electron chi connectivity index (χ2n) is 4.81. The highest BCUT2D eigenvalue weighted by Crippen LogP contribution is 2.17. The van der Waals surface area contributed by atoms with E-state index in [4.69, 9.17) is 4.84 Å². The summed E-state index contributed by atoms with van der Waals surface area (Å²) in [5, 5.41) is 5.47. The normalized spacial score (nSPS) is 26.0. The Balaban J connectivity index is 1.78. The SMILES string of the molecule is CNC1CCN(OCc2ccccc2)CC1C. The lowest BCUT2D eigenvalue weighted by molar-refractivity contribution is -0.189. The molecule has 0 bridgehead atoms. The molecule has 3 heteroatoms. The highest BCUT2D eigenvalue weighted by Gasteiger charge is 2.25. The molecular weight excluding hydrogens is 212 g/mol. The van der Waals surface area contributed by atoms with E-state index in [2.05, 4.69) is 41.6 Å². The summed E-state index contributed by atoms with van der Waals surface area (Å²) in [5.74, 6) is 0.643. The summed E-state index contributed by atoms with van der Waals surface area (Å²) in [4.78, 5) is 5.84. The molecule has 0 aliphatic carbocycles. The average Bonchev–Trinajstić information content (AvgIpc) is 2.38. The van der Waals surface area contributed by atoms with Crippen molar-refractivity contribution in [3.8, 4) is 0 Å². The van der Waals surface area contributed by atoms with Crippen LogP contribution in [0.25, 0.3) is 0 Å². The molecule has 0 radical (unpaired) electrons. The summed E-state index contributed by atoms with van der Waals surface area (Å²) in [7, 11) is 2.04. The fourth-order valence-electron chi connectivity index (χ4n) is 2.39. The summed E-state index contributed by atoms with van der Waals surface area (Å²) in [6, 6.07) is 11.0. The third kappa shape index (κ3) is 3.53. The Labute approximate surface area is 104 Å². The van der Waals surface area contributed by atoms with Crippen LogP contribution >= 0.6 is 0 Å². The molecule has 2 unspecified atom stereocenters. The molecule has 2 atom stereocenters.